The van der Waals surface area contributed by atoms with Crippen LogP contribution in [0.15, 0.2) is 0 Å². The molecule has 0 amide bonds. The summed E-state index contributed by atoms with van der Waals surface area (Å²) >= 11 is 10.4. The Labute approximate surface area is 121 Å². The normalized spacial score (nSPS) is 13.1. The van der Waals surface area contributed by atoms with Gasteiger partial charge in [0.2, 0.25) is 0 Å². The molecule has 0 aliphatic rings. The molecule has 8 heteroatoms. The van der Waals surface area contributed by atoms with Crippen molar-refractivity contribution >= 4 is 24.4 Å². The predicted octanol–water partition coefficient (Wildman–Crippen LogP) is 2.45. The van der Waals surface area contributed by atoms with E-state index >= 15 is 0 Å². The minimum atomic E-state index is 0.0564. The second-order valence-electron chi connectivity index (χ2n) is 4.76. The summed E-state index contributed by atoms with van der Waals surface area (Å²) in [5.41, 5.74) is 0. The number of hydrogen-bond acceptors (Lipinski definition) is 4. The van der Waals surface area contributed by atoms with Crippen LogP contribution in [0.25, 0.3) is 0 Å². The van der Waals surface area contributed by atoms with Crippen LogP contribution in [0.3, 0.4) is 0 Å². The molecule has 0 aliphatic carbocycles. The van der Waals surface area contributed by atoms with Gasteiger partial charge in [0.15, 0.2) is 9.54 Å². The van der Waals surface area contributed by atoms with Crippen molar-refractivity contribution in [1.29, 1.82) is 0 Å². The Hall–Kier alpha value is -1.28. The maximum absolute atomic E-state index is 5.19. The third-order valence-corrected chi connectivity index (χ3v) is 4.33. The van der Waals surface area contributed by atoms with Gasteiger partial charge in [-0.05, 0) is 30.4 Å². The molecular formula is C11H18N6S2. The van der Waals surface area contributed by atoms with Crippen molar-refractivity contribution in [2.45, 2.75) is 26.2 Å². The van der Waals surface area contributed by atoms with E-state index in [-0.39, 0.29) is 5.92 Å². The average molecular weight is 298 g/mol. The summed E-state index contributed by atoms with van der Waals surface area (Å²) in [4.78, 5) is 0. The van der Waals surface area contributed by atoms with Crippen LogP contribution in [0.5, 0.6) is 0 Å². The van der Waals surface area contributed by atoms with E-state index < -0.39 is 0 Å². The highest BCUT2D eigenvalue weighted by molar-refractivity contribution is 7.71. The summed E-state index contributed by atoms with van der Waals surface area (Å²) in [7, 11) is 3.83. The van der Waals surface area contributed by atoms with Crippen molar-refractivity contribution in [3.63, 3.8) is 0 Å². The lowest BCUT2D eigenvalue weighted by atomic mass is 9.90. The largest absolute Gasteiger partial charge is 0.307 e. The maximum atomic E-state index is 5.19. The number of aromatic nitrogens is 6. The predicted molar refractivity (Wildman–Crippen MR) is 78.1 cm³/mol. The number of rotatable bonds is 4. The highest BCUT2D eigenvalue weighted by Gasteiger charge is 2.28. The number of hydrogen-bond donors (Lipinski definition) is 2. The summed E-state index contributed by atoms with van der Waals surface area (Å²) in [6.45, 7) is 4.33. The van der Waals surface area contributed by atoms with Gasteiger partial charge in [-0.25, -0.2) is 0 Å². The maximum Gasteiger partial charge on any atom is 0.194 e. The van der Waals surface area contributed by atoms with Crippen LogP contribution in [0.1, 0.15) is 37.8 Å². The molecule has 2 aromatic rings. The van der Waals surface area contributed by atoms with Gasteiger partial charge in [0.1, 0.15) is 11.6 Å². The van der Waals surface area contributed by atoms with E-state index in [0.717, 1.165) is 18.1 Å². The topological polar surface area (TPSA) is 67.2 Å². The van der Waals surface area contributed by atoms with Crippen molar-refractivity contribution < 1.29 is 0 Å². The average Bonchev–Trinajstić information content (AvgIpc) is 2.89. The lowest BCUT2D eigenvalue weighted by Gasteiger charge is -2.21. The molecule has 0 fully saturated rings. The Kier molecular flexibility index (Phi) is 4.00. The van der Waals surface area contributed by atoms with Gasteiger partial charge in [0, 0.05) is 14.1 Å². The Morgan fingerprint density at radius 2 is 1.47 bits per heavy atom. The van der Waals surface area contributed by atoms with Crippen molar-refractivity contribution in [3.8, 4) is 0 Å². The Bertz CT molecular complexity index is 622. The zero-order valence-electron chi connectivity index (χ0n) is 11.5. The van der Waals surface area contributed by atoms with E-state index in [9.17, 15) is 0 Å². The fraction of sp³-hybridized carbons (Fsp3) is 0.636. The minimum absolute atomic E-state index is 0.0564. The van der Waals surface area contributed by atoms with Crippen LogP contribution in [-0.4, -0.2) is 29.5 Å². The van der Waals surface area contributed by atoms with E-state index in [4.69, 9.17) is 24.4 Å². The zero-order valence-corrected chi connectivity index (χ0v) is 13.1. The molecule has 1 unspecified atom stereocenters. The Morgan fingerprint density at radius 3 is 1.74 bits per heavy atom. The molecule has 19 heavy (non-hydrogen) atoms. The van der Waals surface area contributed by atoms with Gasteiger partial charge in [-0.2, -0.15) is 10.2 Å². The van der Waals surface area contributed by atoms with E-state index in [0.29, 0.717) is 15.5 Å². The molecule has 0 radical (unpaired) electrons. The summed E-state index contributed by atoms with van der Waals surface area (Å²) in [6.07, 6.45) is 1.02. The van der Waals surface area contributed by atoms with Gasteiger partial charge in [-0.1, -0.05) is 20.3 Å². The van der Waals surface area contributed by atoms with Crippen molar-refractivity contribution in [2.75, 3.05) is 0 Å². The fourth-order valence-electron chi connectivity index (χ4n) is 2.13. The molecule has 104 valence electrons. The molecule has 0 saturated carbocycles. The smallest absolute Gasteiger partial charge is 0.194 e. The van der Waals surface area contributed by atoms with Gasteiger partial charge in [0.05, 0.1) is 5.92 Å². The number of nitrogens with one attached hydrogen (secondary N) is 2. The number of aromatic amines is 2. The molecule has 6 nitrogen and oxygen atoms in total. The first-order valence-electron chi connectivity index (χ1n) is 6.19. The zero-order chi connectivity index (χ0) is 14.2. The van der Waals surface area contributed by atoms with Crippen LogP contribution >= 0.6 is 24.4 Å². The van der Waals surface area contributed by atoms with E-state index in [1.165, 1.54) is 0 Å². The summed E-state index contributed by atoms with van der Waals surface area (Å²) < 4.78 is 5.01. The SMILES string of the molecule is CCC(C)C(c1n[nH]c(=S)n1C)c1n[nH]c(=S)n1C. The van der Waals surface area contributed by atoms with Gasteiger partial charge < -0.3 is 9.13 Å². The first kappa shape index (κ1) is 14.1. The first-order valence-corrected chi connectivity index (χ1v) is 7.01. The molecular weight excluding hydrogens is 280 g/mol. The molecule has 0 spiro atoms. The molecule has 0 saturated heterocycles. The quantitative estimate of drug-likeness (QED) is 0.851. The molecule has 2 N–H and O–H groups in total. The van der Waals surface area contributed by atoms with Crippen molar-refractivity contribution in [3.05, 3.63) is 21.2 Å². The molecule has 0 bridgehead atoms. The van der Waals surface area contributed by atoms with Crippen LogP contribution in [0.2, 0.25) is 0 Å². The monoisotopic (exact) mass is 298 g/mol. The minimum Gasteiger partial charge on any atom is -0.307 e. The number of nitrogens with zero attached hydrogens (tertiary/aromatic N) is 4. The lowest BCUT2D eigenvalue weighted by molar-refractivity contribution is 0.441. The van der Waals surface area contributed by atoms with Gasteiger partial charge >= 0.3 is 0 Å². The van der Waals surface area contributed by atoms with E-state index in [1.54, 1.807) is 0 Å². The Morgan fingerprint density at radius 1 is 1.05 bits per heavy atom. The molecule has 2 rings (SSSR count). The second-order valence-corrected chi connectivity index (χ2v) is 5.53. The molecule has 2 aromatic heterocycles. The van der Waals surface area contributed by atoms with E-state index in [1.807, 2.05) is 23.2 Å². The van der Waals surface area contributed by atoms with Gasteiger partial charge in [-0.15, -0.1) is 0 Å². The van der Waals surface area contributed by atoms with Gasteiger partial charge in [-0.3, -0.25) is 10.2 Å². The highest BCUT2D eigenvalue weighted by Crippen LogP contribution is 2.30. The molecule has 0 aromatic carbocycles. The van der Waals surface area contributed by atoms with Gasteiger partial charge in [0.25, 0.3) is 0 Å². The second kappa shape index (κ2) is 5.38. The van der Waals surface area contributed by atoms with Crippen LogP contribution in [0, 0.1) is 15.5 Å². The van der Waals surface area contributed by atoms with Crippen LogP contribution < -0.4 is 0 Å². The lowest BCUT2D eigenvalue weighted by Crippen LogP contribution is -2.19. The van der Waals surface area contributed by atoms with E-state index in [2.05, 4.69) is 34.2 Å². The Balaban J connectivity index is 2.60. The molecule has 1 atom stereocenters. The van der Waals surface area contributed by atoms with Crippen molar-refractivity contribution in [1.82, 2.24) is 29.5 Å². The standard InChI is InChI=1S/C11H18N6S2/c1-5-6(2)7(8-12-14-10(18)16(8)3)9-13-15-11(19)17(9)4/h6-7H,5H2,1-4H3,(H,14,18)(H,15,19). The summed E-state index contributed by atoms with van der Waals surface area (Å²) in [6, 6.07) is 0. The molecule has 0 aliphatic heterocycles. The van der Waals surface area contributed by atoms with Crippen LogP contribution in [0.4, 0.5) is 0 Å². The third kappa shape index (κ3) is 2.42. The molecule has 2 heterocycles. The van der Waals surface area contributed by atoms with Crippen molar-refractivity contribution in [2.24, 2.45) is 20.0 Å². The van der Waals surface area contributed by atoms with Crippen LogP contribution in [-0.2, 0) is 14.1 Å². The summed E-state index contributed by atoms with van der Waals surface area (Å²) in [5.74, 6) is 2.21. The third-order valence-electron chi connectivity index (χ3n) is 3.60. The fourth-order valence-corrected chi connectivity index (χ4v) is 2.41. The summed E-state index contributed by atoms with van der Waals surface area (Å²) in [5, 5.41) is 14.4. The highest BCUT2D eigenvalue weighted by atomic mass is 32.1. The number of H-pyrrole nitrogens is 2. The first-order chi connectivity index (χ1) is 8.97.